The molecule has 0 atom stereocenters. The van der Waals surface area contributed by atoms with Gasteiger partial charge >= 0.3 is 0 Å². The fourth-order valence-corrected chi connectivity index (χ4v) is 2.15. The number of hydrogen-bond donors (Lipinski definition) is 0. The van der Waals surface area contributed by atoms with Crippen molar-refractivity contribution in [2.24, 2.45) is 0 Å². The Labute approximate surface area is 107 Å². The van der Waals surface area contributed by atoms with Gasteiger partial charge in [-0.05, 0) is 31.5 Å². The highest BCUT2D eigenvalue weighted by atomic mass is 16.5. The number of benzene rings is 1. The van der Waals surface area contributed by atoms with Crippen molar-refractivity contribution in [1.29, 1.82) is 5.26 Å². The minimum absolute atomic E-state index is 0.0275. The fraction of sp³-hybridized carbons (Fsp3) is 0.429. The van der Waals surface area contributed by atoms with Crippen molar-refractivity contribution in [2.45, 2.75) is 13.3 Å². The zero-order valence-electron chi connectivity index (χ0n) is 10.5. The maximum absolute atomic E-state index is 11.7. The van der Waals surface area contributed by atoms with Crippen LogP contribution in [-0.2, 0) is 4.74 Å². The monoisotopic (exact) mass is 244 g/mol. The molecule has 0 N–H and O–H groups in total. The highest BCUT2D eigenvalue weighted by Crippen LogP contribution is 2.24. The van der Waals surface area contributed by atoms with Crippen molar-refractivity contribution in [3.8, 4) is 6.07 Å². The normalized spacial score (nSPS) is 15.9. The molecule has 1 aromatic carbocycles. The van der Waals surface area contributed by atoms with Crippen molar-refractivity contribution in [3.05, 3.63) is 29.3 Å². The van der Waals surface area contributed by atoms with Gasteiger partial charge in [0.1, 0.15) is 0 Å². The molecule has 0 saturated carbocycles. The molecular formula is C14H16N2O2. The zero-order chi connectivity index (χ0) is 13.0. The molecule has 4 heteroatoms. The second-order valence-corrected chi connectivity index (χ2v) is 4.35. The Morgan fingerprint density at radius 3 is 2.94 bits per heavy atom. The number of carbonyl (C=O) groups excluding carboxylic acids is 1. The van der Waals surface area contributed by atoms with E-state index in [-0.39, 0.29) is 5.78 Å². The molecule has 2 rings (SSSR count). The lowest BCUT2D eigenvalue weighted by Crippen LogP contribution is -2.27. The van der Waals surface area contributed by atoms with E-state index in [1.807, 2.05) is 0 Å². The van der Waals surface area contributed by atoms with Crippen molar-refractivity contribution >= 4 is 11.5 Å². The van der Waals surface area contributed by atoms with Gasteiger partial charge in [0, 0.05) is 30.9 Å². The third kappa shape index (κ3) is 2.69. The summed E-state index contributed by atoms with van der Waals surface area (Å²) in [5.74, 6) is 0.0275. The van der Waals surface area contributed by atoms with Gasteiger partial charge in [0.25, 0.3) is 0 Å². The van der Waals surface area contributed by atoms with Crippen LogP contribution in [0.2, 0.25) is 0 Å². The first kappa shape index (κ1) is 12.6. The summed E-state index contributed by atoms with van der Waals surface area (Å²) in [6.45, 7) is 4.58. The van der Waals surface area contributed by atoms with Crippen LogP contribution in [0.3, 0.4) is 0 Å². The van der Waals surface area contributed by atoms with Gasteiger partial charge in [-0.2, -0.15) is 5.26 Å². The molecule has 1 fully saturated rings. The number of hydrogen-bond acceptors (Lipinski definition) is 4. The molecule has 0 aromatic heterocycles. The number of nitriles is 1. The Morgan fingerprint density at radius 2 is 2.22 bits per heavy atom. The van der Waals surface area contributed by atoms with Crippen LogP contribution in [0.15, 0.2) is 18.2 Å². The number of carbonyl (C=O) groups is 1. The van der Waals surface area contributed by atoms with E-state index >= 15 is 0 Å². The van der Waals surface area contributed by atoms with Crippen LogP contribution in [-0.4, -0.2) is 32.1 Å². The number of anilines is 1. The Morgan fingerprint density at radius 1 is 1.39 bits per heavy atom. The lowest BCUT2D eigenvalue weighted by Gasteiger charge is -2.24. The van der Waals surface area contributed by atoms with Crippen LogP contribution in [0.5, 0.6) is 0 Å². The largest absolute Gasteiger partial charge is 0.380 e. The van der Waals surface area contributed by atoms with Gasteiger partial charge in [0.15, 0.2) is 5.78 Å². The molecule has 1 aliphatic heterocycles. The van der Waals surface area contributed by atoms with E-state index in [9.17, 15) is 4.79 Å². The van der Waals surface area contributed by atoms with E-state index in [4.69, 9.17) is 10.00 Å². The second-order valence-electron chi connectivity index (χ2n) is 4.35. The summed E-state index contributed by atoms with van der Waals surface area (Å²) in [5.41, 5.74) is 2.11. The predicted molar refractivity (Wildman–Crippen MR) is 68.8 cm³/mol. The minimum atomic E-state index is 0.0275. The van der Waals surface area contributed by atoms with Crippen LogP contribution in [0.1, 0.15) is 29.3 Å². The first-order valence-corrected chi connectivity index (χ1v) is 6.10. The molecule has 4 nitrogen and oxygen atoms in total. The molecule has 0 bridgehead atoms. The molecule has 18 heavy (non-hydrogen) atoms. The number of ketones is 1. The lowest BCUT2D eigenvalue weighted by molar-refractivity contribution is 0.101. The maximum Gasteiger partial charge on any atom is 0.161 e. The number of rotatable bonds is 2. The molecule has 0 spiro atoms. The van der Waals surface area contributed by atoms with Gasteiger partial charge in [-0.3, -0.25) is 4.79 Å². The van der Waals surface area contributed by atoms with Gasteiger partial charge in [-0.15, -0.1) is 0 Å². The zero-order valence-corrected chi connectivity index (χ0v) is 10.5. The standard InChI is InChI=1S/C14H16N2O2/c1-11(17)13-4-3-12(10-15)9-14(13)16-5-2-7-18-8-6-16/h3-4,9H,2,5-8H2,1H3. The van der Waals surface area contributed by atoms with E-state index in [0.29, 0.717) is 17.7 Å². The summed E-state index contributed by atoms with van der Waals surface area (Å²) in [6.07, 6.45) is 0.939. The SMILES string of the molecule is CC(=O)c1ccc(C#N)cc1N1CCCOCC1. The van der Waals surface area contributed by atoms with Crippen molar-refractivity contribution < 1.29 is 9.53 Å². The van der Waals surface area contributed by atoms with Gasteiger partial charge in [0.05, 0.1) is 18.2 Å². The predicted octanol–water partition coefficient (Wildman–Crippen LogP) is 1.99. The van der Waals surface area contributed by atoms with E-state index in [2.05, 4.69) is 11.0 Å². The maximum atomic E-state index is 11.7. The highest BCUT2D eigenvalue weighted by Gasteiger charge is 2.16. The molecule has 1 aliphatic rings. The Kier molecular flexibility index (Phi) is 3.96. The smallest absolute Gasteiger partial charge is 0.161 e. The molecule has 1 heterocycles. The average Bonchev–Trinajstić information content (AvgIpc) is 2.66. The van der Waals surface area contributed by atoms with Crippen molar-refractivity contribution in [1.82, 2.24) is 0 Å². The summed E-state index contributed by atoms with van der Waals surface area (Å²) in [4.78, 5) is 13.8. The summed E-state index contributed by atoms with van der Waals surface area (Å²) in [5, 5.41) is 8.97. The van der Waals surface area contributed by atoms with Gasteiger partial charge in [-0.1, -0.05) is 0 Å². The number of Topliss-reactive ketones (excluding diaryl/α,β-unsaturated/α-hetero) is 1. The third-order valence-corrected chi connectivity index (χ3v) is 3.07. The van der Waals surface area contributed by atoms with Crippen LogP contribution in [0, 0.1) is 11.3 Å². The average molecular weight is 244 g/mol. The van der Waals surface area contributed by atoms with Gasteiger partial charge in [-0.25, -0.2) is 0 Å². The number of nitrogens with zero attached hydrogens (tertiary/aromatic N) is 2. The van der Waals surface area contributed by atoms with E-state index in [0.717, 1.165) is 31.8 Å². The summed E-state index contributed by atoms with van der Waals surface area (Å²) in [7, 11) is 0. The summed E-state index contributed by atoms with van der Waals surface area (Å²) >= 11 is 0. The van der Waals surface area contributed by atoms with Gasteiger partial charge in [0.2, 0.25) is 0 Å². The van der Waals surface area contributed by atoms with Crippen LogP contribution in [0.4, 0.5) is 5.69 Å². The van der Waals surface area contributed by atoms with Crippen LogP contribution >= 0.6 is 0 Å². The molecule has 0 unspecified atom stereocenters. The van der Waals surface area contributed by atoms with E-state index in [1.54, 1.807) is 25.1 Å². The van der Waals surface area contributed by atoms with Crippen molar-refractivity contribution in [2.75, 3.05) is 31.2 Å². The Bertz CT molecular complexity index is 483. The van der Waals surface area contributed by atoms with Crippen LogP contribution in [0.25, 0.3) is 0 Å². The first-order chi connectivity index (χ1) is 8.72. The van der Waals surface area contributed by atoms with E-state index in [1.165, 1.54) is 0 Å². The topological polar surface area (TPSA) is 53.3 Å². The summed E-state index contributed by atoms with van der Waals surface area (Å²) in [6, 6.07) is 7.34. The van der Waals surface area contributed by atoms with E-state index < -0.39 is 0 Å². The molecule has 0 amide bonds. The lowest BCUT2D eigenvalue weighted by atomic mass is 10.1. The molecule has 0 radical (unpaired) electrons. The van der Waals surface area contributed by atoms with Gasteiger partial charge < -0.3 is 9.64 Å². The molecule has 1 aromatic rings. The second kappa shape index (κ2) is 5.65. The Balaban J connectivity index is 2.39. The fourth-order valence-electron chi connectivity index (χ4n) is 2.15. The summed E-state index contributed by atoms with van der Waals surface area (Å²) < 4.78 is 5.41. The number of ether oxygens (including phenoxy) is 1. The molecule has 0 aliphatic carbocycles. The first-order valence-electron chi connectivity index (χ1n) is 6.10. The van der Waals surface area contributed by atoms with Crippen LogP contribution < -0.4 is 4.90 Å². The minimum Gasteiger partial charge on any atom is -0.380 e. The molecule has 1 saturated heterocycles. The molecular weight excluding hydrogens is 228 g/mol. The van der Waals surface area contributed by atoms with Crippen molar-refractivity contribution in [3.63, 3.8) is 0 Å². The molecule has 94 valence electrons. The quantitative estimate of drug-likeness (QED) is 0.746. The Hall–Kier alpha value is -1.86. The highest BCUT2D eigenvalue weighted by molar-refractivity contribution is 6.00. The third-order valence-electron chi connectivity index (χ3n) is 3.07.